The molecule has 1 N–H and O–H groups in total. The number of pyridine rings is 1. The molecule has 2 heterocycles. The lowest BCUT2D eigenvalue weighted by molar-refractivity contribution is 0.102. The van der Waals surface area contributed by atoms with Gasteiger partial charge in [-0.25, -0.2) is 8.42 Å². The normalized spacial score (nSPS) is 15.9. The van der Waals surface area contributed by atoms with Crippen molar-refractivity contribution < 1.29 is 13.2 Å². The molecule has 4 rings (SSSR count). The van der Waals surface area contributed by atoms with Crippen molar-refractivity contribution in [3.05, 3.63) is 66.4 Å². The summed E-state index contributed by atoms with van der Waals surface area (Å²) in [5.74, 6) is -0.160. The largest absolute Gasteiger partial charge is 0.321 e. The van der Waals surface area contributed by atoms with E-state index in [9.17, 15) is 13.2 Å². The highest BCUT2D eigenvalue weighted by Crippen LogP contribution is 2.25. The lowest BCUT2D eigenvalue weighted by atomic mass is 10.1. The summed E-state index contributed by atoms with van der Waals surface area (Å²) in [4.78, 5) is 16.9. The van der Waals surface area contributed by atoms with Gasteiger partial charge >= 0.3 is 0 Å². The molecule has 1 fully saturated rings. The van der Waals surface area contributed by atoms with E-state index in [1.165, 1.54) is 4.31 Å². The van der Waals surface area contributed by atoms with E-state index in [2.05, 4.69) is 10.3 Å². The molecule has 0 saturated carbocycles. The molecule has 1 amide bonds. The fraction of sp³-hybridized carbons (Fsp3) is 0.158. The SMILES string of the molecule is O=C(Nc1cnc2ccccc2c1)c1cccc(N2CCCS2(=O)=O)c1. The first-order valence-electron chi connectivity index (χ1n) is 8.30. The summed E-state index contributed by atoms with van der Waals surface area (Å²) in [5.41, 5.74) is 2.36. The molecule has 6 nitrogen and oxygen atoms in total. The van der Waals surface area contributed by atoms with Crippen LogP contribution in [-0.2, 0) is 10.0 Å². The van der Waals surface area contributed by atoms with Crippen LogP contribution in [0.3, 0.4) is 0 Å². The quantitative estimate of drug-likeness (QED) is 0.772. The van der Waals surface area contributed by atoms with Crippen LogP contribution in [0.2, 0.25) is 0 Å². The minimum absolute atomic E-state index is 0.145. The predicted molar refractivity (Wildman–Crippen MR) is 102 cm³/mol. The summed E-state index contributed by atoms with van der Waals surface area (Å²) >= 11 is 0. The van der Waals surface area contributed by atoms with Gasteiger partial charge in [0.05, 0.1) is 28.8 Å². The lowest BCUT2D eigenvalue weighted by Gasteiger charge is -2.17. The van der Waals surface area contributed by atoms with Crippen molar-refractivity contribution in [2.75, 3.05) is 21.9 Å². The number of sulfonamides is 1. The highest BCUT2D eigenvalue weighted by Gasteiger charge is 2.28. The molecule has 0 aliphatic carbocycles. The van der Waals surface area contributed by atoms with Gasteiger partial charge in [-0.15, -0.1) is 0 Å². The van der Waals surface area contributed by atoms with Gasteiger partial charge in [-0.1, -0.05) is 24.3 Å². The van der Waals surface area contributed by atoms with Crippen LogP contribution in [0.4, 0.5) is 11.4 Å². The van der Waals surface area contributed by atoms with E-state index < -0.39 is 10.0 Å². The van der Waals surface area contributed by atoms with Crippen molar-refractivity contribution in [2.24, 2.45) is 0 Å². The molecule has 2 aromatic carbocycles. The molecule has 1 aliphatic rings. The van der Waals surface area contributed by atoms with Gasteiger partial charge in [0.2, 0.25) is 10.0 Å². The highest BCUT2D eigenvalue weighted by atomic mass is 32.2. The van der Waals surface area contributed by atoms with Crippen LogP contribution in [-0.4, -0.2) is 31.6 Å². The third-order valence-electron chi connectivity index (χ3n) is 4.34. The Hall–Kier alpha value is -2.93. The minimum Gasteiger partial charge on any atom is -0.321 e. The fourth-order valence-corrected chi connectivity index (χ4v) is 4.63. The molecule has 1 saturated heterocycles. The van der Waals surface area contributed by atoms with Crippen LogP contribution in [0.5, 0.6) is 0 Å². The van der Waals surface area contributed by atoms with E-state index in [1.807, 2.05) is 30.3 Å². The van der Waals surface area contributed by atoms with E-state index in [1.54, 1.807) is 30.5 Å². The first-order valence-corrected chi connectivity index (χ1v) is 9.90. The Morgan fingerprint density at radius 2 is 1.92 bits per heavy atom. The number of rotatable bonds is 3. The van der Waals surface area contributed by atoms with Crippen LogP contribution >= 0.6 is 0 Å². The summed E-state index contributed by atoms with van der Waals surface area (Å²) in [6.45, 7) is 0.446. The Balaban J connectivity index is 1.59. The first kappa shape index (κ1) is 16.5. The number of carbonyl (C=O) groups excluding carboxylic acids is 1. The molecule has 0 atom stereocenters. The number of amides is 1. The van der Waals surface area contributed by atoms with E-state index in [-0.39, 0.29) is 11.7 Å². The van der Waals surface area contributed by atoms with Gasteiger partial charge < -0.3 is 5.32 Å². The van der Waals surface area contributed by atoms with E-state index in [0.29, 0.717) is 29.9 Å². The maximum absolute atomic E-state index is 12.6. The Kier molecular flexibility index (Phi) is 4.08. The number of hydrogen-bond donors (Lipinski definition) is 1. The summed E-state index contributed by atoms with van der Waals surface area (Å²) in [6.07, 6.45) is 2.20. The Bertz CT molecular complexity index is 1100. The van der Waals surface area contributed by atoms with E-state index in [4.69, 9.17) is 0 Å². The standard InChI is InChI=1S/C19H17N3O3S/c23-19(21-16-11-14-5-1-2-8-18(14)20-13-16)15-6-3-7-17(12-15)22-9-4-10-26(22,24)25/h1-3,5-8,11-13H,4,9-10H2,(H,21,23). The number of para-hydroxylation sites is 1. The number of anilines is 2. The molecule has 0 radical (unpaired) electrons. The van der Waals surface area contributed by atoms with Crippen LogP contribution in [0, 0.1) is 0 Å². The average Bonchev–Trinajstić information content (AvgIpc) is 3.01. The van der Waals surface area contributed by atoms with Crippen LogP contribution in [0.1, 0.15) is 16.8 Å². The second-order valence-corrected chi connectivity index (χ2v) is 8.18. The van der Waals surface area contributed by atoms with Crippen molar-refractivity contribution in [2.45, 2.75) is 6.42 Å². The van der Waals surface area contributed by atoms with Crippen LogP contribution in [0.15, 0.2) is 60.8 Å². The summed E-state index contributed by atoms with van der Waals surface area (Å²) in [5, 5.41) is 3.75. The predicted octanol–water partition coefficient (Wildman–Crippen LogP) is 3.03. The molecule has 0 spiro atoms. The van der Waals surface area contributed by atoms with Gasteiger partial charge in [0, 0.05) is 17.5 Å². The van der Waals surface area contributed by atoms with Crippen molar-refractivity contribution in [1.82, 2.24) is 4.98 Å². The third-order valence-corrected chi connectivity index (χ3v) is 6.21. The zero-order chi connectivity index (χ0) is 18.1. The summed E-state index contributed by atoms with van der Waals surface area (Å²) < 4.78 is 25.5. The second kappa shape index (κ2) is 6.42. The first-order chi connectivity index (χ1) is 12.5. The van der Waals surface area contributed by atoms with Gasteiger partial charge in [-0.3, -0.25) is 14.1 Å². The summed E-state index contributed by atoms with van der Waals surface area (Å²) in [7, 11) is -3.27. The third kappa shape index (κ3) is 3.13. The van der Waals surface area contributed by atoms with E-state index >= 15 is 0 Å². The second-order valence-electron chi connectivity index (χ2n) is 6.16. The van der Waals surface area contributed by atoms with Crippen molar-refractivity contribution >= 4 is 38.2 Å². The number of nitrogens with one attached hydrogen (secondary N) is 1. The molecule has 1 aliphatic heterocycles. The van der Waals surface area contributed by atoms with Crippen molar-refractivity contribution in [1.29, 1.82) is 0 Å². The topological polar surface area (TPSA) is 79.4 Å². The molecule has 1 aromatic heterocycles. The van der Waals surface area contributed by atoms with Crippen molar-refractivity contribution in [3.63, 3.8) is 0 Å². The molecule has 26 heavy (non-hydrogen) atoms. The van der Waals surface area contributed by atoms with Crippen molar-refractivity contribution in [3.8, 4) is 0 Å². The fourth-order valence-electron chi connectivity index (χ4n) is 3.07. The molecule has 0 bridgehead atoms. The Morgan fingerprint density at radius 3 is 2.73 bits per heavy atom. The molecule has 3 aromatic rings. The van der Waals surface area contributed by atoms with Crippen LogP contribution in [0.25, 0.3) is 10.9 Å². The van der Waals surface area contributed by atoms with E-state index in [0.717, 1.165) is 10.9 Å². The Labute approximate surface area is 151 Å². The minimum atomic E-state index is -3.27. The Morgan fingerprint density at radius 1 is 1.08 bits per heavy atom. The molecular weight excluding hydrogens is 350 g/mol. The number of hydrogen-bond acceptors (Lipinski definition) is 4. The lowest BCUT2D eigenvalue weighted by Crippen LogP contribution is -2.25. The van der Waals surface area contributed by atoms with Gasteiger partial charge in [-0.2, -0.15) is 0 Å². The average molecular weight is 367 g/mol. The number of aromatic nitrogens is 1. The molecule has 0 unspecified atom stereocenters. The number of nitrogens with zero attached hydrogens (tertiary/aromatic N) is 2. The van der Waals surface area contributed by atoms with Crippen LogP contribution < -0.4 is 9.62 Å². The van der Waals surface area contributed by atoms with Gasteiger partial charge in [0.15, 0.2) is 0 Å². The maximum Gasteiger partial charge on any atom is 0.255 e. The summed E-state index contributed by atoms with van der Waals surface area (Å²) in [6, 6.07) is 16.2. The van der Waals surface area contributed by atoms with Gasteiger partial charge in [0.25, 0.3) is 5.91 Å². The number of benzene rings is 2. The molecule has 132 valence electrons. The zero-order valence-electron chi connectivity index (χ0n) is 13.9. The van der Waals surface area contributed by atoms with Gasteiger partial charge in [0.1, 0.15) is 0 Å². The number of fused-ring (bicyclic) bond motifs is 1. The molecular formula is C19H17N3O3S. The van der Waals surface area contributed by atoms with Gasteiger partial charge in [-0.05, 0) is 36.8 Å². The number of carbonyl (C=O) groups is 1. The maximum atomic E-state index is 12.6. The highest BCUT2D eigenvalue weighted by molar-refractivity contribution is 7.93. The molecule has 7 heteroatoms. The smallest absolute Gasteiger partial charge is 0.255 e. The monoisotopic (exact) mass is 367 g/mol. The zero-order valence-corrected chi connectivity index (χ0v) is 14.7.